The molecule has 1 fully saturated rings. The molecule has 13 heavy (non-hydrogen) atoms. The van der Waals surface area contributed by atoms with E-state index in [2.05, 4.69) is 32.6 Å². The van der Waals surface area contributed by atoms with E-state index in [1.54, 1.807) is 0 Å². The molecule has 2 N–H and O–H groups in total. The zero-order chi connectivity index (χ0) is 10.1. The topological polar surface area (TPSA) is 29.3 Å². The van der Waals surface area contributed by atoms with E-state index >= 15 is 0 Å². The molecule has 78 valence electrons. The number of rotatable bonds is 5. The number of hydrogen-bond donors (Lipinski definition) is 1. The molecule has 1 unspecified atom stereocenters. The van der Waals surface area contributed by atoms with Gasteiger partial charge in [-0.05, 0) is 46.1 Å². The van der Waals surface area contributed by atoms with Gasteiger partial charge in [-0.1, -0.05) is 6.92 Å². The maximum Gasteiger partial charge on any atom is 0.0334 e. The molecule has 0 radical (unpaired) electrons. The number of nitrogens with two attached hydrogens (primary N) is 1. The third-order valence-corrected chi connectivity index (χ3v) is 3.49. The lowest BCUT2D eigenvalue weighted by Crippen LogP contribution is -2.56. The molecule has 1 aliphatic carbocycles. The van der Waals surface area contributed by atoms with Gasteiger partial charge in [0, 0.05) is 18.1 Å². The van der Waals surface area contributed by atoms with Gasteiger partial charge in [0.25, 0.3) is 0 Å². The van der Waals surface area contributed by atoms with Gasteiger partial charge in [-0.2, -0.15) is 0 Å². The first-order chi connectivity index (χ1) is 6.06. The maximum absolute atomic E-state index is 5.92. The van der Waals surface area contributed by atoms with Crippen molar-refractivity contribution in [2.75, 3.05) is 13.1 Å². The van der Waals surface area contributed by atoms with Crippen LogP contribution in [0, 0.1) is 5.92 Å². The molecular weight excluding hydrogens is 160 g/mol. The van der Waals surface area contributed by atoms with Crippen LogP contribution in [0.3, 0.4) is 0 Å². The molecule has 0 aromatic rings. The van der Waals surface area contributed by atoms with Gasteiger partial charge in [0.15, 0.2) is 0 Å². The second kappa shape index (κ2) is 3.97. The van der Waals surface area contributed by atoms with Crippen molar-refractivity contribution in [3.05, 3.63) is 0 Å². The van der Waals surface area contributed by atoms with Gasteiger partial charge in [-0.15, -0.1) is 0 Å². The minimum absolute atomic E-state index is 0.253. The summed E-state index contributed by atoms with van der Waals surface area (Å²) in [6.45, 7) is 11.0. The van der Waals surface area contributed by atoms with E-state index in [4.69, 9.17) is 5.73 Å². The molecule has 1 atom stereocenters. The first-order valence-corrected chi connectivity index (χ1v) is 5.53. The summed E-state index contributed by atoms with van der Waals surface area (Å²) in [5, 5.41) is 0. The Hall–Kier alpha value is -0.0800. The quantitative estimate of drug-likeness (QED) is 0.706. The number of likely N-dealkylation sites (N-methyl/N-ethyl adjacent to an activating group) is 1. The van der Waals surface area contributed by atoms with Crippen molar-refractivity contribution in [2.45, 2.75) is 52.1 Å². The average molecular weight is 184 g/mol. The van der Waals surface area contributed by atoms with Crippen LogP contribution in [0.25, 0.3) is 0 Å². The van der Waals surface area contributed by atoms with Gasteiger partial charge in [0.1, 0.15) is 0 Å². The largest absolute Gasteiger partial charge is 0.329 e. The molecule has 0 aromatic heterocycles. The average Bonchev–Trinajstić information content (AvgIpc) is 2.86. The highest BCUT2D eigenvalue weighted by molar-refractivity contribution is 5.00. The lowest BCUT2D eigenvalue weighted by molar-refractivity contribution is 0.0635. The SMILES string of the molecule is CCN(C(C)C)C(C)(CN)C1CC1. The number of hydrogen-bond acceptors (Lipinski definition) is 2. The van der Waals surface area contributed by atoms with E-state index in [0.29, 0.717) is 6.04 Å². The molecule has 0 amide bonds. The molecule has 1 aliphatic rings. The summed E-state index contributed by atoms with van der Waals surface area (Å²) in [4.78, 5) is 2.55. The molecule has 1 rings (SSSR count). The lowest BCUT2D eigenvalue weighted by Gasteiger charge is -2.43. The number of nitrogens with zero attached hydrogens (tertiary/aromatic N) is 1. The Morgan fingerprint density at radius 1 is 1.46 bits per heavy atom. The zero-order valence-electron chi connectivity index (χ0n) is 9.51. The molecule has 1 saturated carbocycles. The van der Waals surface area contributed by atoms with Crippen LogP contribution in [0.5, 0.6) is 0 Å². The predicted molar refractivity (Wildman–Crippen MR) is 57.7 cm³/mol. The zero-order valence-corrected chi connectivity index (χ0v) is 9.51. The fourth-order valence-corrected chi connectivity index (χ4v) is 2.54. The molecule has 2 heteroatoms. The minimum Gasteiger partial charge on any atom is -0.329 e. The van der Waals surface area contributed by atoms with Crippen molar-refractivity contribution in [2.24, 2.45) is 11.7 Å². The summed E-state index contributed by atoms with van der Waals surface area (Å²) < 4.78 is 0. The smallest absolute Gasteiger partial charge is 0.0334 e. The van der Waals surface area contributed by atoms with Gasteiger partial charge in [0.05, 0.1) is 0 Å². The van der Waals surface area contributed by atoms with Crippen molar-refractivity contribution in [1.29, 1.82) is 0 Å². The highest BCUT2D eigenvalue weighted by Gasteiger charge is 2.44. The summed E-state index contributed by atoms with van der Waals surface area (Å²) in [5.74, 6) is 0.847. The van der Waals surface area contributed by atoms with E-state index < -0.39 is 0 Å². The standard InChI is InChI=1S/C11H24N2/c1-5-13(9(2)3)11(4,8-12)10-6-7-10/h9-10H,5-8,12H2,1-4H3. The first kappa shape index (κ1) is 11.0. The second-order valence-corrected chi connectivity index (χ2v) is 4.72. The Labute approximate surface area is 82.5 Å². The molecule has 2 nitrogen and oxygen atoms in total. The molecule has 0 bridgehead atoms. The van der Waals surface area contributed by atoms with E-state index in [1.165, 1.54) is 12.8 Å². The van der Waals surface area contributed by atoms with Crippen LogP contribution in [0.4, 0.5) is 0 Å². The predicted octanol–water partition coefficient (Wildman–Crippen LogP) is 1.84. The Kier molecular flexibility index (Phi) is 3.36. The van der Waals surface area contributed by atoms with Gasteiger partial charge >= 0.3 is 0 Å². The molecule has 0 saturated heterocycles. The molecule has 0 heterocycles. The fraction of sp³-hybridized carbons (Fsp3) is 1.00. The van der Waals surface area contributed by atoms with Gasteiger partial charge in [0.2, 0.25) is 0 Å². The Morgan fingerprint density at radius 3 is 2.23 bits per heavy atom. The van der Waals surface area contributed by atoms with Crippen LogP contribution in [0.15, 0.2) is 0 Å². The van der Waals surface area contributed by atoms with E-state index in [-0.39, 0.29) is 5.54 Å². The van der Waals surface area contributed by atoms with Crippen LogP contribution in [-0.2, 0) is 0 Å². The van der Waals surface area contributed by atoms with E-state index in [9.17, 15) is 0 Å². The molecule has 0 aliphatic heterocycles. The fourth-order valence-electron chi connectivity index (χ4n) is 2.54. The van der Waals surface area contributed by atoms with E-state index in [1.807, 2.05) is 0 Å². The first-order valence-electron chi connectivity index (χ1n) is 5.53. The summed E-state index contributed by atoms with van der Waals surface area (Å²) in [7, 11) is 0. The molecular formula is C11H24N2. The van der Waals surface area contributed by atoms with E-state index in [0.717, 1.165) is 19.0 Å². The summed E-state index contributed by atoms with van der Waals surface area (Å²) in [6.07, 6.45) is 2.74. The van der Waals surface area contributed by atoms with Gasteiger partial charge in [-0.25, -0.2) is 0 Å². The third-order valence-electron chi connectivity index (χ3n) is 3.49. The Morgan fingerprint density at radius 2 is 2.00 bits per heavy atom. The van der Waals surface area contributed by atoms with Crippen LogP contribution in [-0.4, -0.2) is 29.6 Å². The Balaban J connectivity index is 2.71. The Bertz CT molecular complexity index is 163. The van der Waals surface area contributed by atoms with Crippen molar-refractivity contribution < 1.29 is 0 Å². The van der Waals surface area contributed by atoms with Crippen LogP contribution >= 0.6 is 0 Å². The summed E-state index contributed by atoms with van der Waals surface area (Å²) in [5.41, 5.74) is 6.17. The molecule has 0 spiro atoms. The van der Waals surface area contributed by atoms with Crippen LogP contribution < -0.4 is 5.73 Å². The van der Waals surface area contributed by atoms with Crippen molar-refractivity contribution in [1.82, 2.24) is 4.90 Å². The summed E-state index contributed by atoms with van der Waals surface area (Å²) in [6, 6.07) is 0.610. The molecule has 0 aromatic carbocycles. The lowest BCUT2D eigenvalue weighted by atomic mass is 9.92. The normalized spacial score (nSPS) is 22.4. The highest BCUT2D eigenvalue weighted by atomic mass is 15.2. The van der Waals surface area contributed by atoms with Crippen molar-refractivity contribution >= 4 is 0 Å². The van der Waals surface area contributed by atoms with Crippen molar-refractivity contribution in [3.63, 3.8) is 0 Å². The second-order valence-electron chi connectivity index (χ2n) is 4.72. The van der Waals surface area contributed by atoms with Crippen LogP contribution in [0.2, 0.25) is 0 Å². The minimum atomic E-state index is 0.253. The van der Waals surface area contributed by atoms with Crippen LogP contribution in [0.1, 0.15) is 40.5 Å². The maximum atomic E-state index is 5.92. The monoisotopic (exact) mass is 184 g/mol. The van der Waals surface area contributed by atoms with Gasteiger partial charge in [-0.3, -0.25) is 4.90 Å². The van der Waals surface area contributed by atoms with Gasteiger partial charge < -0.3 is 5.73 Å². The van der Waals surface area contributed by atoms with Crippen molar-refractivity contribution in [3.8, 4) is 0 Å². The summed E-state index contributed by atoms with van der Waals surface area (Å²) >= 11 is 0. The third kappa shape index (κ3) is 2.05. The highest BCUT2D eigenvalue weighted by Crippen LogP contribution is 2.43.